The smallest absolute Gasteiger partial charge is 0.542 e. The van der Waals surface area contributed by atoms with Crippen LogP contribution in [0.1, 0.15) is 27.8 Å². The maximum atomic E-state index is 11.9. The number of hydrogen-bond acceptors (Lipinski definition) is 9. The Morgan fingerprint density at radius 3 is 2.26 bits per heavy atom. The quantitative estimate of drug-likeness (QED) is 0.299. The minimum absolute atomic E-state index is 0. The molecule has 1 heterocycles. The van der Waals surface area contributed by atoms with Crippen molar-refractivity contribution in [3.8, 4) is 17.2 Å². The maximum Gasteiger partial charge on any atom is 1.00 e. The minimum atomic E-state index is -1.62. The van der Waals surface area contributed by atoms with Gasteiger partial charge >= 0.3 is 29.6 Å². The number of carboxylic acid groups (broad SMARTS) is 1. The molecule has 10 heteroatoms. The number of hydrogen-bond donors (Lipinski definition) is 2. The van der Waals surface area contributed by atoms with Crippen LogP contribution in [0.25, 0.3) is 11.0 Å². The van der Waals surface area contributed by atoms with E-state index in [-0.39, 0.29) is 82.3 Å². The number of phenolic OH excluding ortho intramolecular Hbond substituents is 1. The van der Waals surface area contributed by atoms with Gasteiger partial charge in [0.1, 0.15) is 48.1 Å². The predicted molar refractivity (Wildman–Crippen MR) is 102 cm³/mol. The second-order valence-electron chi connectivity index (χ2n) is 6.43. The summed E-state index contributed by atoms with van der Waals surface area (Å²) in [5.74, 6) is -2.22. The van der Waals surface area contributed by atoms with Gasteiger partial charge in [-0.25, -0.2) is 0 Å². The van der Waals surface area contributed by atoms with Crippen molar-refractivity contribution < 1.29 is 68.4 Å². The largest absolute Gasteiger partial charge is 1.00 e. The van der Waals surface area contributed by atoms with E-state index in [0.717, 1.165) is 6.07 Å². The Bertz CT molecular complexity index is 1170. The number of carboxylic acids is 1. The molecule has 0 fully saturated rings. The number of ether oxygens (including phenoxy) is 2. The molecule has 156 valence electrons. The van der Waals surface area contributed by atoms with Gasteiger partial charge in [-0.3, -0.25) is 9.59 Å². The van der Waals surface area contributed by atoms with Crippen LogP contribution in [-0.4, -0.2) is 41.3 Å². The number of phenols is 1. The summed E-state index contributed by atoms with van der Waals surface area (Å²) in [6.45, 7) is 0.998. The van der Waals surface area contributed by atoms with Gasteiger partial charge in [-0.15, -0.1) is 0 Å². The van der Waals surface area contributed by atoms with Crippen molar-refractivity contribution in [2.24, 2.45) is 0 Å². The standard InChI is InChI=1S/C21H18O9.Na/c1-11(22)15-4-2-13(6-17(15)24)28-9-12(23)10-29-14-3-5-16-18(25)8-20(21(26)27)30-19(16)7-14;/h2-8,12,23-24H,9-10H2,1H3,(H,26,27);/q;+1/p-1. The molecule has 1 unspecified atom stereocenters. The molecule has 9 nitrogen and oxygen atoms in total. The van der Waals surface area contributed by atoms with Crippen molar-refractivity contribution in [3.05, 3.63) is 64.0 Å². The number of ketones is 1. The third-order valence-corrected chi connectivity index (χ3v) is 4.14. The number of Topliss-reactive ketones (excluding diaryl/α,β-unsaturated/α-hetero) is 1. The predicted octanol–water partition coefficient (Wildman–Crippen LogP) is -2.11. The van der Waals surface area contributed by atoms with Crippen LogP contribution in [0.3, 0.4) is 0 Å². The first-order valence-electron chi connectivity index (χ1n) is 8.81. The molecule has 2 N–H and O–H groups in total. The summed E-state index contributed by atoms with van der Waals surface area (Å²) in [6.07, 6.45) is -1.04. The number of carbonyl (C=O) groups excluding carboxylic acids is 2. The van der Waals surface area contributed by atoms with Crippen molar-refractivity contribution >= 4 is 22.7 Å². The molecule has 0 aliphatic heterocycles. The Labute approximate surface area is 198 Å². The molecule has 0 radical (unpaired) electrons. The number of fused-ring (bicyclic) bond motifs is 1. The normalized spacial score (nSPS) is 11.4. The van der Waals surface area contributed by atoms with E-state index in [1.165, 1.54) is 43.3 Å². The Morgan fingerprint density at radius 2 is 1.68 bits per heavy atom. The number of aromatic hydroxyl groups is 1. The van der Waals surface area contributed by atoms with E-state index in [1.54, 1.807) is 0 Å². The molecule has 3 aromatic rings. The van der Waals surface area contributed by atoms with E-state index in [2.05, 4.69) is 0 Å². The fourth-order valence-electron chi connectivity index (χ4n) is 2.66. The molecule has 1 atom stereocenters. The molecule has 0 saturated heterocycles. The summed E-state index contributed by atoms with van der Waals surface area (Å²) in [5.41, 5.74) is -0.364. The van der Waals surface area contributed by atoms with Gasteiger partial charge in [-0.2, -0.15) is 0 Å². The second kappa shape index (κ2) is 10.5. The van der Waals surface area contributed by atoms with Gasteiger partial charge in [0, 0.05) is 18.2 Å². The average Bonchev–Trinajstić information content (AvgIpc) is 2.70. The van der Waals surface area contributed by atoms with Crippen LogP contribution in [0.15, 0.2) is 51.7 Å². The first-order valence-corrected chi connectivity index (χ1v) is 8.81. The monoisotopic (exact) mass is 436 g/mol. The van der Waals surface area contributed by atoms with Gasteiger partial charge in [-0.05, 0) is 31.2 Å². The number of carbonyl (C=O) groups is 2. The van der Waals surface area contributed by atoms with Crippen LogP contribution in [0.2, 0.25) is 0 Å². The summed E-state index contributed by atoms with van der Waals surface area (Å²) >= 11 is 0. The summed E-state index contributed by atoms with van der Waals surface area (Å²) in [4.78, 5) is 34.1. The van der Waals surface area contributed by atoms with Crippen LogP contribution in [0.5, 0.6) is 17.2 Å². The molecule has 2 aromatic carbocycles. The Hall–Kier alpha value is -2.85. The molecule has 0 saturated carbocycles. The van der Waals surface area contributed by atoms with Crippen molar-refractivity contribution in [3.63, 3.8) is 0 Å². The molecule has 1 aromatic heterocycles. The Balaban J connectivity index is 0.00000341. The van der Waals surface area contributed by atoms with E-state index in [9.17, 15) is 29.7 Å². The molecule has 0 bridgehead atoms. The molecule has 0 aliphatic rings. The molecule has 3 rings (SSSR count). The summed E-state index contributed by atoms with van der Waals surface area (Å²) in [5, 5.41) is 30.9. The summed E-state index contributed by atoms with van der Waals surface area (Å²) in [6, 6.07) is 9.23. The fourth-order valence-corrected chi connectivity index (χ4v) is 2.66. The van der Waals surface area contributed by atoms with Gasteiger partial charge in [0.25, 0.3) is 0 Å². The van der Waals surface area contributed by atoms with E-state index >= 15 is 0 Å². The van der Waals surface area contributed by atoms with Gasteiger partial charge in [-0.1, -0.05) is 0 Å². The number of rotatable bonds is 8. The minimum Gasteiger partial charge on any atom is -0.542 e. The number of aliphatic hydroxyl groups excluding tert-OH is 1. The van der Waals surface area contributed by atoms with Crippen LogP contribution in [0.4, 0.5) is 0 Å². The van der Waals surface area contributed by atoms with Gasteiger partial charge < -0.3 is 34.0 Å². The Morgan fingerprint density at radius 1 is 1.06 bits per heavy atom. The average molecular weight is 436 g/mol. The van der Waals surface area contributed by atoms with Crippen LogP contribution < -0.4 is 49.6 Å². The zero-order valence-electron chi connectivity index (χ0n) is 16.8. The van der Waals surface area contributed by atoms with Crippen molar-refractivity contribution in [2.45, 2.75) is 13.0 Å². The SMILES string of the molecule is CC(=O)c1ccc(OCC(O)COc2ccc3c(=O)cc(C(=O)[O-])oc3c2)cc1O.[Na+]. The Kier molecular flexibility index (Phi) is 8.23. The third kappa shape index (κ3) is 6.08. The van der Waals surface area contributed by atoms with Gasteiger partial charge in [0.05, 0.1) is 10.9 Å². The number of benzene rings is 2. The van der Waals surface area contributed by atoms with Crippen molar-refractivity contribution in [2.75, 3.05) is 13.2 Å². The third-order valence-electron chi connectivity index (χ3n) is 4.14. The number of aliphatic hydroxyl groups is 1. The number of aromatic carboxylic acids is 1. The summed E-state index contributed by atoms with van der Waals surface area (Å²) < 4.78 is 15.9. The van der Waals surface area contributed by atoms with Crippen molar-refractivity contribution in [1.82, 2.24) is 0 Å². The molecular weight excluding hydrogens is 419 g/mol. The first kappa shape index (κ1) is 24.4. The topological polar surface area (TPSA) is 146 Å². The van der Waals surface area contributed by atoms with Crippen LogP contribution >= 0.6 is 0 Å². The van der Waals surface area contributed by atoms with Crippen LogP contribution in [0, 0.1) is 0 Å². The van der Waals surface area contributed by atoms with Gasteiger partial charge in [0.15, 0.2) is 17.0 Å². The summed E-state index contributed by atoms with van der Waals surface area (Å²) in [7, 11) is 0. The zero-order valence-corrected chi connectivity index (χ0v) is 18.8. The van der Waals surface area contributed by atoms with E-state index in [1.807, 2.05) is 0 Å². The molecular formula is C21H17NaO9. The first-order chi connectivity index (χ1) is 14.2. The molecule has 31 heavy (non-hydrogen) atoms. The van der Waals surface area contributed by atoms with E-state index < -0.39 is 23.3 Å². The second-order valence-corrected chi connectivity index (χ2v) is 6.43. The van der Waals surface area contributed by atoms with Crippen LogP contribution in [-0.2, 0) is 0 Å². The van der Waals surface area contributed by atoms with Crippen molar-refractivity contribution in [1.29, 1.82) is 0 Å². The molecule has 0 amide bonds. The van der Waals surface area contributed by atoms with E-state index in [0.29, 0.717) is 0 Å². The van der Waals surface area contributed by atoms with E-state index in [4.69, 9.17) is 13.9 Å². The molecule has 0 aliphatic carbocycles. The fraction of sp³-hybridized carbons (Fsp3) is 0.190. The molecule has 0 spiro atoms. The van der Waals surface area contributed by atoms with Gasteiger partial charge in [0.2, 0.25) is 0 Å². The maximum absolute atomic E-state index is 11.9. The zero-order chi connectivity index (χ0) is 21.8.